The minimum absolute atomic E-state index is 0.694. The van der Waals surface area contributed by atoms with E-state index in [1.165, 1.54) is 0 Å². The number of aromatic nitrogens is 2. The molecule has 2 aromatic carbocycles. The summed E-state index contributed by atoms with van der Waals surface area (Å²) in [6.07, 6.45) is 5.06. The monoisotopic (exact) mass is 263 g/mol. The first-order valence-corrected chi connectivity index (χ1v) is 6.56. The summed E-state index contributed by atoms with van der Waals surface area (Å²) in [5.74, 6) is 0. The van der Waals surface area contributed by atoms with Crippen molar-refractivity contribution in [2.24, 2.45) is 0 Å². The standard InChI is InChI=1S/C15H9N3S/c16-9-11-5-6-14(13-4-2-1-3-12(11)13)19-15-10-17-7-8-18-15/h1-8,10H. The van der Waals surface area contributed by atoms with Gasteiger partial charge < -0.3 is 0 Å². The molecule has 0 radical (unpaired) electrons. The van der Waals surface area contributed by atoms with Crippen LogP contribution in [0.4, 0.5) is 0 Å². The molecule has 0 atom stereocenters. The average Bonchev–Trinajstić information content (AvgIpc) is 2.49. The smallest absolute Gasteiger partial charge is 0.119 e. The van der Waals surface area contributed by atoms with Crippen molar-refractivity contribution in [3.05, 3.63) is 60.6 Å². The van der Waals surface area contributed by atoms with Crippen LogP contribution in [0.5, 0.6) is 0 Å². The molecule has 0 aliphatic heterocycles. The molecule has 3 rings (SSSR count). The molecule has 0 spiro atoms. The third-order valence-corrected chi connectivity index (χ3v) is 3.75. The lowest BCUT2D eigenvalue weighted by Crippen LogP contribution is -1.85. The lowest BCUT2D eigenvalue weighted by atomic mass is 10.1. The molecule has 3 aromatic rings. The highest BCUT2D eigenvalue weighted by Crippen LogP contribution is 2.33. The molecule has 0 N–H and O–H groups in total. The molecule has 0 saturated carbocycles. The van der Waals surface area contributed by atoms with Crippen molar-refractivity contribution < 1.29 is 0 Å². The maximum atomic E-state index is 9.14. The summed E-state index contributed by atoms with van der Waals surface area (Å²) >= 11 is 1.55. The van der Waals surface area contributed by atoms with Gasteiger partial charge in [0.2, 0.25) is 0 Å². The van der Waals surface area contributed by atoms with Crippen LogP contribution in [-0.4, -0.2) is 9.97 Å². The lowest BCUT2D eigenvalue weighted by molar-refractivity contribution is 1.06. The first-order chi connectivity index (χ1) is 9.38. The Labute approximate surface area is 114 Å². The van der Waals surface area contributed by atoms with Crippen LogP contribution in [0.25, 0.3) is 10.8 Å². The molecule has 0 fully saturated rings. The van der Waals surface area contributed by atoms with Crippen molar-refractivity contribution >= 4 is 22.5 Å². The predicted octanol–water partition coefficient (Wildman–Crippen LogP) is 3.65. The molecule has 0 saturated heterocycles. The third kappa shape index (κ3) is 2.28. The van der Waals surface area contributed by atoms with Gasteiger partial charge in [-0.3, -0.25) is 4.98 Å². The number of hydrogen-bond donors (Lipinski definition) is 0. The zero-order chi connectivity index (χ0) is 13.1. The van der Waals surface area contributed by atoms with Gasteiger partial charge in [-0.25, -0.2) is 4.98 Å². The number of benzene rings is 2. The van der Waals surface area contributed by atoms with Crippen molar-refractivity contribution in [2.75, 3.05) is 0 Å². The van der Waals surface area contributed by atoms with Crippen LogP contribution in [0.2, 0.25) is 0 Å². The molecule has 19 heavy (non-hydrogen) atoms. The van der Waals surface area contributed by atoms with Gasteiger partial charge in [0.25, 0.3) is 0 Å². The molecule has 3 nitrogen and oxygen atoms in total. The maximum absolute atomic E-state index is 9.14. The van der Waals surface area contributed by atoms with Crippen LogP contribution in [0.1, 0.15) is 5.56 Å². The molecule has 1 heterocycles. The molecular formula is C15H9N3S. The summed E-state index contributed by atoms with van der Waals surface area (Å²) in [6.45, 7) is 0. The van der Waals surface area contributed by atoms with Gasteiger partial charge in [-0.1, -0.05) is 36.0 Å². The molecule has 4 heteroatoms. The zero-order valence-electron chi connectivity index (χ0n) is 9.95. The fourth-order valence-corrected chi connectivity index (χ4v) is 2.79. The van der Waals surface area contributed by atoms with E-state index < -0.39 is 0 Å². The zero-order valence-corrected chi connectivity index (χ0v) is 10.8. The van der Waals surface area contributed by atoms with E-state index in [0.29, 0.717) is 5.56 Å². The van der Waals surface area contributed by atoms with Crippen molar-refractivity contribution in [2.45, 2.75) is 9.92 Å². The molecule has 0 unspecified atom stereocenters. The van der Waals surface area contributed by atoms with Crippen molar-refractivity contribution in [3.63, 3.8) is 0 Å². The normalized spacial score (nSPS) is 10.3. The van der Waals surface area contributed by atoms with Gasteiger partial charge >= 0.3 is 0 Å². The van der Waals surface area contributed by atoms with E-state index in [0.717, 1.165) is 20.7 Å². The first kappa shape index (κ1) is 11.7. The number of fused-ring (bicyclic) bond motifs is 1. The molecule has 0 bridgehead atoms. The molecule has 0 aliphatic rings. The van der Waals surface area contributed by atoms with E-state index in [9.17, 15) is 0 Å². The summed E-state index contributed by atoms with van der Waals surface area (Å²) in [6, 6.07) is 13.9. The van der Waals surface area contributed by atoms with E-state index in [2.05, 4.69) is 16.0 Å². The quantitative estimate of drug-likeness (QED) is 0.708. The SMILES string of the molecule is N#Cc1ccc(Sc2cnccn2)c2ccccc12. The van der Waals surface area contributed by atoms with E-state index in [4.69, 9.17) is 5.26 Å². The second kappa shape index (κ2) is 5.09. The highest BCUT2D eigenvalue weighted by molar-refractivity contribution is 7.99. The lowest BCUT2D eigenvalue weighted by Gasteiger charge is -2.06. The van der Waals surface area contributed by atoms with E-state index >= 15 is 0 Å². The van der Waals surface area contributed by atoms with E-state index in [1.807, 2.05) is 36.4 Å². The number of nitriles is 1. The average molecular weight is 263 g/mol. The molecule has 0 amide bonds. The van der Waals surface area contributed by atoms with Gasteiger partial charge in [-0.05, 0) is 17.5 Å². The Morgan fingerprint density at radius 3 is 2.58 bits per heavy atom. The minimum Gasteiger partial charge on any atom is -0.260 e. The number of rotatable bonds is 2. The van der Waals surface area contributed by atoms with Crippen molar-refractivity contribution in [1.82, 2.24) is 9.97 Å². The number of nitrogens with zero attached hydrogens (tertiary/aromatic N) is 3. The highest BCUT2D eigenvalue weighted by atomic mass is 32.2. The summed E-state index contributed by atoms with van der Waals surface area (Å²) in [5, 5.41) is 12.0. The van der Waals surface area contributed by atoms with Crippen LogP contribution in [-0.2, 0) is 0 Å². The van der Waals surface area contributed by atoms with Crippen LogP contribution >= 0.6 is 11.8 Å². The molecule has 1 aromatic heterocycles. The fraction of sp³-hybridized carbons (Fsp3) is 0. The Morgan fingerprint density at radius 1 is 1.00 bits per heavy atom. The Kier molecular flexibility index (Phi) is 3.13. The predicted molar refractivity (Wildman–Crippen MR) is 74.8 cm³/mol. The van der Waals surface area contributed by atoms with Gasteiger partial charge in [0.1, 0.15) is 5.03 Å². The first-order valence-electron chi connectivity index (χ1n) is 5.74. The fourth-order valence-electron chi connectivity index (χ4n) is 1.91. The Balaban J connectivity index is 2.13. The summed E-state index contributed by atoms with van der Waals surface area (Å²) in [5.41, 5.74) is 0.694. The topological polar surface area (TPSA) is 49.6 Å². The van der Waals surface area contributed by atoms with Crippen LogP contribution in [0, 0.1) is 11.3 Å². The van der Waals surface area contributed by atoms with Crippen LogP contribution in [0.3, 0.4) is 0 Å². The largest absolute Gasteiger partial charge is 0.260 e. The summed E-state index contributed by atoms with van der Waals surface area (Å²) in [4.78, 5) is 9.40. The van der Waals surface area contributed by atoms with Gasteiger partial charge in [0, 0.05) is 22.7 Å². The van der Waals surface area contributed by atoms with Gasteiger partial charge in [-0.15, -0.1) is 0 Å². The van der Waals surface area contributed by atoms with Gasteiger partial charge in [0.05, 0.1) is 17.8 Å². The molecular weight excluding hydrogens is 254 g/mol. The second-order valence-corrected chi connectivity index (χ2v) is 4.98. The van der Waals surface area contributed by atoms with Crippen LogP contribution < -0.4 is 0 Å². The Bertz CT molecular complexity index is 763. The van der Waals surface area contributed by atoms with Crippen LogP contribution in [0.15, 0.2) is 64.9 Å². The summed E-state index contributed by atoms with van der Waals surface area (Å²) in [7, 11) is 0. The third-order valence-electron chi connectivity index (χ3n) is 2.76. The number of hydrogen-bond acceptors (Lipinski definition) is 4. The Morgan fingerprint density at radius 2 is 1.84 bits per heavy atom. The van der Waals surface area contributed by atoms with Crippen molar-refractivity contribution in [3.8, 4) is 6.07 Å². The minimum atomic E-state index is 0.694. The highest BCUT2D eigenvalue weighted by Gasteiger charge is 2.07. The maximum Gasteiger partial charge on any atom is 0.119 e. The summed E-state index contributed by atoms with van der Waals surface area (Å²) < 4.78 is 0. The van der Waals surface area contributed by atoms with E-state index in [-0.39, 0.29) is 0 Å². The second-order valence-electron chi connectivity index (χ2n) is 3.91. The molecule has 90 valence electrons. The van der Waals surface area contributed by atoms with Gasteiger partial charge in [0.15, 0.2) is 0 Å². The Hall–Kier alpha value is -2.38. The van der Waals surface area contributed by atoms with Crippen molar-refractivity contribution in [1.29, 1.82) is 5.26 Å². The van der Waals surface area contributed by atoms with E-state index in [1.54, 1.807) is 30.4 Å². The molecule has 0 aliphatic carbocycles. The van der Waals surface area contributed by atoms with Gasteiger partial charge in [-0.2, -0.15) is 5.26 Å².